The molecule has 0 bridgehead atoms. The smallest absolute Gasteiger partial charge is 0.144 e. The van der Waals surface area contributed by atoms with Gasteiger partial charge in [0, 0.05) is 47.2 Å². The van der Waals surface area contributed by atoms with Crippen LogP contribution in [0.4, 0.5) is 0 Å². The highest BCUT2D eigenvalue weighted by Crippen LogP contribution is 2.22. The standard InChI is InChI=1S/C20H22ClNO3/c1-20(2,3)19(25)12-16-8-13(6-7-22-16)9-17(23)11-14-10-15(21)4-5-18(14)24/h4-8,10,24H,9,11-12H2,1-3H3. The van der Waals surface area contributed by atoms with E-state index in [1.165, 1.54) is 6.07 Å². The Kier molecular flexibility index (Phi) is 5.96. The molecule has 0 spiro atoms. The molecule has 4 nitrogen and oxygen atoms in total. The Morgan fingerprint density at radius 2 is 1.80 bits per heavy atom. The van der Waals surface area contributed by atoms with Crippen LogP contribution in [0.3, 0.4) is 0 Å². The van der Waals surface area contributed by atoms with Gasteiger partial charge in [0.1, 0.15) is 17.3 Å². The number of halogens is 1. The maximum absolute atomic E-state index is 12.3. The zero-order valence-electron chi connectivity index (χ0n) is 14.7. The number of phenolic OH excluding ortho intramolecular Hbond substituents is 1. The monoisotopic (exact) mass is 359 g/mol. The summed E-state index contributed by atoms with van der Waals surface area (Å²) >= 11 is 5.90. The molecule has 0 unspecified atom stereocenters. The highest BCUT2D eigenvalue weighted by molar-refractivity contribution is 6.30. The van der Waals surface area contributed by atoms with Gasteiger partial charge in [-0.15, -0.1) is 0 Å². The number of hydrogen-bond donors (Lipinski definition) is 1. The lowest BCUT2D eigenvalue weighted by molar-refractivity contribution is -0.125. The summed E-state index contributed by atoms with van der Waals surface area (Å²) in [5.41, 5.74) is 1.56. The largest absolute Gasteiger partial charge is 0.508 e. The van der Waals surface area contributed by atoms with Gasteiger partial charge in [0.05, 0.1) is 0 Å². The Morgan fingerprint density at radius 1 is 1.08 bits per heavy atom. The number of aromatic nitrogens is 1. The van der Waals surface area contributed by atoms with E-state index in [0.29, 0.717) is 16.3 Å². The molecule has 1 aromatic heterocycles. The second-order valence-corrected chi connectivity index (χ2v) is 7.61. The molecule has 2 rings (SSSR count). The van der Waals surface area contributed by atoms with Crippen LogP contribution in [0, 0.1) is 5.41 Å². The van der Waals surface area contributed by atoms with Gasteiger partial charge in [-0.2, -0.15) is 0 Å². The molecule has 0 aliphatic heterocycles. The van der Waals surface area contributed by atoms with Crippen LogP contribution in [-0.2, 0) is 28.9 Å². The van der Waals surface area contributed by atoms with E-state index in [1.807, 2.05) is 20.8 Å². The van der Waals surface area contributed by atoms with Crippen molar-refractivity contribution in [3.63, 3.8) is 0 Å². The Morgan fingerprint density at radius 3 is 2.48 bits per heavy atom. The van der Waals surface area contributed by atoms with E-state index in [2.05, 4.69) is 4.98 Å². The van der Waals surface area contributed by atoms with Crippen molar-refractivity contribution in [1.82, 2.24) is 4.98 Å². The first-order valence-corrected chi connectivity index (χ1v) is 8.49. The lowest BCUT2D eigenvalue weighted by Crippen LogP contribution is -2.22. The van der Waals surface area contributed by atoms with Gasteiger partial charge in [-0.05, 0) is 35.9 Å². The maximum Gasteiger partial charge on any atom is 0.144 e. The lowest BCUT2D eigenvalue weighted by atomic mass is 9.88. The number of aromatic hydroxyl groups is 1. The van der Waals surface area contributed by atoms with E-state index in [9.17, 15) is 14.7 Å². The predicted molar refractivity (Wildman–Crippen MR) is 97.9 cm³/mol. The van der Waals surface area contributed by atoms with E-state index in [-0.39, 0.29) is 36.6 Å². The Balaban J connectivity index is 2.05. The van der Waals surface area contributed by atoms with E-state index in [0.717, 1.165) is 5.56 Å². The Bertz CT molecular complexity index is 794. The number of rotatable bonds is 6. The highest BCUT2D eigenvalue weighted by atomic mass is 35.5. The molecule has 0 fully saturated rings. The summed E-state index contributed by atoms with van der Waals surface area (Å²) in [4.78, 5) is 28.6. The average molecular weight is 360 g/mol. The zero-order valence-corrected chi connectivity index (χ0v) is 15.4. The number of nitrogens with zero attached hydrogens (tertiary/aromatic N) is 1. The second-order valence-electron chi connectivity index (χ2n) is 7.17. The van der Waals surface area contributed by atoms with Gasteiger partial charge in [0.2, 0.25) is 0 Å². The van der Waals surface area contributed by atoms with Crippen molar-refractivity contribution in [2.75, 3.05) is 0 Å². The molecule has 0 saturated carbocycles. The third kappa shape index (κ3) is 5.68. The molecular weight excluding hydrogens is 338 g/mol. The quantitative estimate of drug-likeness (QED) is 0.847. The minimum atomic E-state index is -0.419. The van der Waals surface area contributed by atoms with Gasteiger partial charge in [-0.25, -0.2) is 0 Å². The number of ketones is 2. The summed E-state index contributed by atoms with van der Waals surface area (Å²) in [5, 5.41) is 10.3. The van der Waals surface area contributed by atoms with Crippen molar-refractivity contribution < 1.29 is 14.7 Å². The fraction of sp³-hybridized carbons (Fsp3) is 0.350. The van der Waals surface area contributed by atoms with Crippen LogP contribution in [0.2, 0.25) is 5.02 Å². The molecule has 1 aromatic carbocycles. The zero-order chi connectivity index (χ0) is 18.6. The van der Waals surface area contributed by atoms with Gasteiger partial charge >= 0.3 is 0 Å². The van der Waals surface area contributed by atoms with Gasteiger partial charge in [0.25, 0.3) is 0 Å². The fourth-order valence-corrected chi connectivity index (χ4v) is 2.56. The molecule has 0 saturated heterocycles. The third-order valence-corrected chi connectivity index (χ3v) is 4.12. The SMILES string of the molecule is CC(C)(C)C(=O)Cc1cc(CC(=O)Cc2cc(Cl)ccc2O)ccn1. The van der Waals surface area contributed by atoms with Gasteiger partial charge < -0.3 is 5.11 Å². The van der Waals surface area contributed by atoms with Crippen LogP contribution in [0.15, 0.2) is 36.5 Å². The number of carbonyl (C=O) groups excluding carboxylic acids is 2. The molecule has 0 aliphatic rings. The number of phenols is 1. The van der Waals surface area contributed by atoms with Crippen molar-refractivity contribution in [2.45, 2.75) is 40.0 Å². The molecule has 0 radical (unpaired) electrons. The van der Waals surface area contributed by atoms with Gasteiger partial charge in [-0.1, -0.05) is 32.4 Å². The number of benzene rings is 1. The highest BCUT2D eigenvalue weighted by Gasteiger charge is 2.21. The molecule has 0 aliphatic carbocycles. The molecule has 25 heavy (non-hydrogen) atoms. The van der Waals surface area contributed by atoms with Crippen molar-refractivity contribution in [3.05, 3.63) is 58.4 Å². The van der Waals surface area contributed by atoms with E-state index < -0.39 is 5.41 Å². The lowest BCUT2D eigenvalue weighted by Gasteiger charge is -2.16. The summed E-state index contributed by atoms with van der Waals surface area (Å²) < 4.78 is 0. The molecule has 1 heterocycles. The average Bonchev–Trinajstić information content (AvgIpc) is 2.50. The normalized spacial score (nSPS) is 11.4. The van der Waals surface area contributed by atoms with Crippen molar-refractivity contribution >= 4 is 23.2 Å². The summed E-state index contributed by atoms with van der Waals surface area (Å²) in [7, 11) is 0. The van der Waals surface area contributed by atoms with E-state index >= 15 is 0 Å². The number of pyridine rings is 1. The molecule has 0 amide bonds. The minimum absolute atomic E-state index is 0.0446. The predicted octanol–water partition coefficient (Wildman–Crippen LogP) is 3.95. The van der Waals surface area contributed by atoms with Gasteiger partial charge in [-0.3, -0.25) is 14.6 Å². The summed E-state index contributed by atoms with van der Waals surface area (Å²) in [5.74, 6) is 0.119. The molecular formula is C20H22ClNO3. The van der Waals surface area contributed by atoms with Crippen LogP contribution in [0.5, 0.6) is 5.75 Å². The summed E-state index contributed by atoms with van der Waals surface area (Å²) in [6.07, 6.45) is 2.18. The summed E-state index contributed by atoms with van der Waals surface area (Å²) in [6, 6.07) is 8.20. The number of hydrogen-bond acceptors (Lipinski definition) is 4. The number of carbonyl (C=O) groups is 2. The molecule has 1 N–H and O–H groups in total. The Hall–Kier alpha value is -2.20. The third-order valence-electron chi connectivity index (χ3n) is 3.89. The van der Waals surface area contributed by atoms with Crippen molar-refractivity contribution in [3.8, 4) is 5.75 Å². The minimum Gasteiger partial charge on any atom is -0.508 e. The number of Topliss-reactive ketones (excluding diaryl/α,β-unsaturated/α-hetero) is 2. The molecule has 0 atom stereocenters. The topological polar surface area (TPSA) is 67.3 Å². The van der Waals surface area contributed by atoms with Crippen molar-refractivity contribution in [2.24, 2.45) is 5.41 Å². The van der Waals surface area contributed by atoms with E-state index in [1.54, 1.807) is 30.5 Å². The van der Waals surface area contributed by atoms with Crippen molar-refractivity contribution in [1.29, 1.82) is 0 Å². The van der Waals surface area contributed by atoms with Crippen LogP contribution < -0.4 is 0 Å². The first-order valence-electron chi connectivity index (χ1n) is 8.11. The van der Waals surface area contributed by atoms with Crippen LogP contribution >= 0.6 is 11.6 Å². The first-order chi connectivity index (χ1) is 11.6. The second kappa shape index (κ2) is 7.79. The molecule has 2 aromatic rings. The fourth-order valence-electron chi connectivity index (χ4n) is 2.36. The van der Waals surface area contributed by atoms with Crippen LogP contribution in [-0.4, -0.2) is 21.7 Å². The Labute approximate surface area is 152 Å². The maximum atomic E-state index is 12.3. The van der Waals surface area contributed by atoms with E-state index in [4.69, 9.17) is 11.6 Å². The van der Waals surface area contributed by atoms with Crippen LogP contribution in [0.25, 0.3) is 0 Å². The first kappa shape index (κ1) is 19.1. The summed E-state index contributed by atoms with van der Waals surface area (Å²) in [6.45, 7) is 5.63. The molecule has 5 heteroatoms. The van der Waals surface area contributed by atoms with Gasteiger partial charge in [0.15, 0.2) is 0 Å². The van der Waals surface area contributed by atoms with Crippen LogP contribution in [0.1, 0.15) is 37.6 Å². The molecule has 132 valence electrons.